The quantitative estimate of drug-likeness (QED) is 0.692. The Morgan fingerprint density at radius 3 is 2.78 bits per heavy atom. The lowest BCUT2D eigenvalue weighted by Gasteiger charge is -2.27. The molecule has 0 amide bonds. The molecule has 0 aromatic carbocycles. The van der Waals surface area contributed by atoms with Gasteiger partial charge in [-0.2, -0.15) is 0 Å². The van der Waals surface area contributed by atoms with Gasteiger partial charge in [-0.05, 0) is 57.3 Å². The predicted octanol–water partition coefficient (Wildman–Crippen LogP) is 3.25. The number of rotatable bonds is 9. The van der Waals surface area contributed by atoms with Gasteiger partial charge in [0.25, 0.3) is 0 Å². The summed E-state index contributed by atoms with van der Waals surface area (Å²) in [5.41, 5.74) is 0. The largest absolute Gasteiger partial charge is 0.316 e. The zero-order valence-corrected chi connectivity index (χ0v) is 13.1. The smallest absolute Gasteiger partial charge is 0.0112 e. The first-order valence-electron chi connectivity index (χ1n) is 7.06. The normalized spacial score (nSPS) is 14.9. The summed E-state index contributed by atoms with van der Waals surface area (Å²) in [7, 11) is 2.24. The second-order valence-corrected chi connectivity index (χ2v) is 6.41. The number of likely N-dealkylation sites (N-methyl/N-ethyl adjacent to an activating group) is 1. The second kappa shape index (κ2) is 8.68. The fraction of sp³-hybridized carbons (Fsp3) is 0.733. The number of nitrogens with zero attached hydrogens (tertiary/aromatic N) is 1. The summed E-state index contributed by atoms with van der Waals surface area (Å²) in [5.74, 6) is 0.715. The van der Waals surface area contributed by atoms with Gasteiger partial charge in [-0.3, -0.25) is 0 Å². The van der Waals surface area contributed by atoms with Gasteiger partial charge in [-0.15, -0.1) is 11.3 Å². The number of nitrogens with one attached hydrogen (secondary N) is 1. The van der Waals surface area contributed by atoms with Gasteiger partial charge in [0.15, 0.2) is 0 Å². The van der Waals surface area contributed by atoms with Crippen molar-refractivity contribution in [1.29, 1.82) is 0 Å². The molecule has 1 aromatic rings. The zero-order chi connectivity index (χ0) is 13.4. The average molecular weight is 268 g/mol. The SMILES string of the molecule is CCCNCC(C)CN(C)C(C)Cc1cccs1. The molecule has 104 valence electrons. The molecule has 3 heteroatoms. The van der Waals surface area contributed by atoms with Crippen LogP contribution in [0.15, 0.2) is 17.5 Å². The minimum atomic E-state index is 0.622. The number of thiophene rings is 1. The van der Waals surface area contributed by atoms with Crippen LogP contribution < -0.4 is 5.32 Å². The summed E-state index contributed by atoms with van der Waals surface area (Å²) >= 11 is 1.87. The molecule has 0 bridgehead atoms. The molecule has 0 saturated carbocycles. The summed E-state index contributed by atoms with van der Waals surface area (Å²) in [6, 6.07) is 5.00. The lowest BCUT2D eigenvalue weighted by Crippen LogP contribution is -2.37. The van der Waals surface area contributed by atoms with E-state index in [1.54, 1.807) is 0 Å². The summed E-state index contributed by atoms with van der Waals surface area (Å²) in [6.45, 7) is 10.3. The van der Waals surface area contributed by atoms with E-state index in [0.29, 0.717) is 12.0 Å². The van der Waals surface area contributed by atoms with E-state index in [-0.39, 0.29) is 0 Å². The van der Waals surface area contributed by atoms with Crippen LogP contribution in [0, 0.1) is 5.92 Å². The van der Waals surface area contributed by atoms with E-state index in [4.69, 9.17) is 0 Å². The minimum absolute atomic E-state index is 0.622. The Morgan fingerprint density at radius 1 is 1.39 bits per heavy atom. The van der Waals surface area contributed by atoms with E-state index in [1.165, 1.54) is 24.3 Å². The van der Waals surface area contributed by atoms with Crippen LogP contribution in [0.25, 0.3) is 0 Å². The molecule has 0 radical (unpaired) electrons. The molecule has 0 aliphatic heterocycles. The fourth-order valence-corrected chi connectivity index (χ4v) is 2.96. The Morgan fingerprint density at radius 2 is 2.17 bits per heavy atom. The van der Waals surface area contributed by atoms with Crippen molar-refractivity contribution in [3.63, 3.8) is 0 Å². The predicted molar refractivity (Wildman–Crippen MR) is 82.4 cm³/mol. The third-order valence-corrected chi connectivity index (χ3v) is 4.25. The molecule has 0 aliphatic rings. The minimum Gasteiger partial charge on any atom is -0.316 e. The lowest BCUT2D eigenvalue weighted by atomic mass is 10.1. The molecule has 2 nitrogen and oxygen atoms in total. The van der Waals surface area contributed by atoms with E-state index in [0.717, 1.165) is 13.1 Å². The lowest BCUT2D eigenvalue weighted by molar-refractivity contribution is 0.221. The van der Waals surface area contributed by atoms with Gasteiger partial charge in [0.2, 0.25) is 0 Å². The van der Waals surface area contributed by atoms with E-state index in [2.05, 4.69) is 55.5 Å². The average Bonchev–Trinajstić information content (AvgIpc) is 2.82. The highest BCUT2D eigenvalue weighted by Crippen LogP contribution is 2.14. The Hall–Kier alpha value is -0.380. The summed E-state index contributed by atoms with van der Waals surface area (Å²) in [4.78, 5) is 3.98. The van der Waals surface area contributed by atoms with Crippen molar-refractivity contribution in [3.8, 4) is 0 Å². The van der Waals surface area contributed by atoms with Crippen LogP contribution in [-0.2, 0) is 6.42 Å². The fourth-order valence-electron chi connectivity index (χ4n) is 2.14. The molecule has 1 heterocycles. The van der Waals surface area contributed by atoms with Gasteiger partial charge in [-0.1, -0.05) is 19.9 Å². The number of hydrogen-bond donors (Lipinski definition) is 1. The van der Waals surface area contributed by atoms with Gasteiger partial charge in [-0.25, -0.2) is 0 Å². The highest BCUT2D eigenvalue weighted by Gasteiger charge is 2.13. The Balaban J connectivity index is 2.24. The number of hydrogen-bond acceptors (Lipinski definition) is 3. The standard InChI is InChI=1S/C15H28N2S/c1-5-8-16-11-13(2)12-17(4)14(3)10-15-7-6-9-18-15/h6-7,9,13-14,16H,5,8,10-12H2,1-4H3. The van der Waals surface area contributed by atoms with Crippen LogP contribution in [0.1, 0.15) is 32.1 Å². The molecule has 0 saturated heterocycles. The van der Waals surface area contributed by atoms with Crippen molar-refractivity contribution in [2.75, 3.05) is 26.7 Å². The van der Waals surface area contributed by atoms with Gasteiger partial charge < -0.3 is 10.2 Å². The molecule has 1 rings (SSSR count). The first-order valence-corrected chi connectivity index (χ1v) is 7.94. The molecule has 18 heavy (non-hydrogen) atoms. The maximum Gasteiger partial charge on any atom is 0.0112 e. The first-order chi connectivity index (χ1) is 8.63. The van der Waals surface area contributed by atoms with Gasteiger partial charge in [0, 0.05) is 17.5 Å². The molecule has 0 spiro atoms. The molecule has 2 unspecified atom stereocenters. The van der Waals surface area contributed by atoms with E-state index in [9.17, 15) is 0 Å². The summed E-state index contributed by atoms with van der Waals surface area (Å²) in [5, 5.41) is 5.67. The van der Waals surface area contributed by atoms with Gasteiger partial charge in [0.1, 0.15) is 0 Å². The second-order valence-electron chi connectivity index (χ2n) is 5.38. The highest BCUT2D eigenvalue weighted by molar-refractivity contribution is 7.09. The highest BCUT2D eigenvalue weighted by atomic mass is 32.1. The zero-order valence-electron chi connectivity index (χ0n) is 12.3. The third-order valence-electron chi connectivity index (χ3n) is 3.35. The van der Waals surface area contributed by atoms with Crippen molar-refractivity contribution < 1.29 is 0 Å². The van der Waals surface area contributed by atoms with Crippen molar-refractivity contribution in [2.45, 2.75) is 39.7 Å². The van der Waals surface area contributed by atoms with Crippen LogP contribution in [0.3, 0.4) is 0 Å². The third kappa shape index (κ3) is 5.98. The van der Waals surface area contributed by atoms with Crippen molar-refractivity contribution in [1.82, 2.24) is 10.2 Å². The van der Waals surface area contributed by atoms with Crippen LogP contribution in [-0.4, -0.2) is 37.6 Å². The van der Waals surface area contributed by atoms with Crippen LogP contribution in [0.4, 0.5) is 0 Å². The maximum absolute atomic E-state index is 3.50. The molecule has 2 atom stereocenters. The van der Waals surface area contributed by atoms with E-state index >= 15 is 0 Å². The summed E-state index contributed by atoms with van der Waals surface area (Å²) < 4.78 is 0. The molecular weight excluding hydrogens is 240 g/mol. The van der Waals surface area contributed by atoms with Crippen molar-refractivity contribution in [2.24, 2.45) is 5.92 Å². The monoisotopic (exact) mass is 268 g/mol. The molecular formula is C15H28N2S. The molecule has 0 aliphatic carbocycles. The van der Waals surface area contributed by atoms with Crippen LogP contribution in [0.5, 0.6) is 0 Å². The van der Waals surface area contributed by atoms with Crippen molar-refractivity contribution >= 4 is 11.3 Å². The van der Waals surface area contributed by atoms with Gasteiger partial charge in [0.05, 0.1) is 0 Å². The maximum atomic E-state index is 3.50. The van der Waals surface area contributed by atoms with Crippen molar-refractivity contribution in [3.05, 3.63) is 22.4 Å². The molecule has 1 aromatic heterocycles. The van der Waals surface area contributed by atoms with E-state index < -0.39 is 0 Å². The topological polar surface area (TPSA) is 15.3 Å². The van der Waals surface area contributed by atoms with E-state index in [1.807, 2.05) is 11.3 Å². The molecule has 0 fully saturated rings. The van der Waals surface area contributed by atoms with Crippen LogP contribution >= 0.6 is 11.3 Å². The Bertz CT molecular complexity index is 297. The first kappa shape index (κ1) is 15.7. The van der Waals surface area contributed by atoms with Crippen LogP contribution in [0.2, 0.25) is 0 Å². The molecule has 1 N–H and O–H groups in total. The van der Waals surface area contributed by atoms with Gasteiger partial charge >= 0.3 is 0 Å². The Labute approximate surface area is 116 Å². The Kier molecular flexibility index (Phi) is 7.56. The summed E-state index contributed by atoms with van der Waals surface area (Å²) in [6.07, 6.45) is 2.39.